The van der Waals surface area contributed by atoms with Gasteiger partial charge in [0.1, 0.15) is 5.56 Å². The molecule has 8 heteroatoms. The van der Waals surface area contributed by atoms with Gasteiger partial charge in [0.15, 0.2) is 5.13 Å². The van der Waals surface area contributed by atoms with Gasteiger partial charge in [0, 0.05) is 19.9 Å². The van der Waals surface area contributed by atoms with Crippen molar-refractivity contribution >= 4 is 32.6 Å². The zero-order valence-corrected chi connectivity index (χ0v) is 16.5. The number of hydrogen-bond acceptors (Lipinski definition) is 6. The summed E-state index contributed by atoms with van der Waals surface area (Å²) in [5.74, 6) is 0.142. The Morgan fingerprint density at radius 1 is 1.48 bits per heavy atom. The van der Waals surface area contributed by atoms with Gasteiger partial charge in [-0.1, -0.05) is 17.4 Å². The van der Waals surface area contributed by atoms with Gasteiger partial charge >= 0.3 is 0 Å². The first-order valence-corrected chi connectivity index (χ1v) is 9.75. The molecule has 3 aromatic rings. The first-order chi connectivity index (χ1) is 13.0. The van der Waals surface area contributed by atoms with Crippen LogP contribution in [0.1, 0.15) is 28.8 Å². The number of benzene rings is 1. The normalized spacial score (nSPS) is 16.8. The average Bonchev–Trinajstić information content (AvgIpc) is 3.37. The predicted octanol–water partition coefficient (Wildman–Crippen LogP) is 3.17. The molecule has 2 aromatic heterocycles. The zero-order valence-electron chi connectivity index (χ0n) is 15.6. The van der Waals surface area contributed by atoms with Crippen molar-refractivity contribution in [3.05, 3.63) is 35.5 Å². The first-order valence-electron chi connectivity index (χ1n) is 8.93. The number of aryl methyl sites for hydroxylation is 2. The number of thiazole rings is 1. The van der Waals surface area contributed by atoms with Crippen molar-refractivity contribution in [1.29, 1.82) is 0 Å². The molecule has 1 atom stereocenters. The van der Waals surface area contributed by atoms with E-state index in [-0.39, 0.29) is 12.0 Å². The molecule has 7 nitrogen and oxygen atoms in total. The second kappa shape index (κ2) is 7.28. The van der Waals surface area contributed by atoms with Crippen molar-refractivity contribution in [1.82, 2.24) is 14.8 Å². The van der Waals surface area contributed by atoms with E-state index in [1.807, 2.05) is 12.1 Å². The summed E-state index contributed by atoms with van der Waals surface area (Å²) in [6.45, 7) is 3.26. The number of nitrogens with zero attached hydrogens (tertiary/aromatic N) is 4. The van der Waals surface area contributed by atoms with Crippen LogP contribution in [0.4, 0.5) is 5.13 Å². The topological polar surface area (TPSA) is 69.5 Å². The number of carbonyl (C=O) groups excluding carboxylic acids is 1. The molecule has 0 spiro atoms. The Labute approximate surface area is 161 Å². The molecule has 0 N–H and O–H groups in total. The third-order valence-corrected chi connectivity index (χ3v) is 5.68. The van der Waals surface area contributed by atoms with E-state index < -0.39 is 0 Å². The third kappa shape index (κ3) is 3.54. The van der Waals surface area contributed by atoms with E-state index in [1.54, 1.807) is 22.8 Å². The van der Waals surface area contributed by atoms with E-state index >= 15 is 0 Å². The molecule has 0 aliphatic carbocycles. The second-order valence-electron chi connectivity index (χ2n) is 6.74. The summed E-state index contributed by atoms with van der Waals surface area (Å²) in [5, 5.41) is 4.88. The summed E-state index contributed by atoms with van der Waals surface area (Å²) in [6, 6.07) is 6.11. The number of anilines is 1. The van der Waals surface area contributed by atoms with Crippen molar-refractivity contribution < 1.29 is 14.3 Å². The second-order valence-corrected chi connectivity index (χ2v) is 7.75. The van der Waals surface area contributed by atoms with Gasteiger partial charge in [0.05, 0.1) is 30.0 Å². The fourth-order valence-electron chi connectivity index (χ4n) is 3.29. The molecule has 1 aliphatic rings. The number of rotatable bonds is 5. The lowest BCUT2D eigenvalue weighted by atomic mass is 10.2. The molecule has 1 saturated heterocycles. The van der Waals surface area contributed by atoms with Crippen LogP contribution in [-0.2, 0) is 11.8 Å². The van der Waals surface area contributed by atoms with Crippen molar-refractivity contribution in [2.24, 2.45) is 7.05 Å². The van der Waals surface area contributed by atoms with Crippen LogP contribution >= 0.6 is 11.3 Å². The fraction of sp³-hybridized carbons (Fsp3) is 0.421. The van der Waals surface area contributed by atoms with Crippen molar-refractivity contribution in [3.8, 4) is 5.88 Å². The van der Waals surface area contributed by atoms with Gasteiger partial charge in [-0.3, -0.25) is 14.4 Å². The lowest BCUT2D eigenvalue weighted by Crippen LogP contribution is -2.37. The quantitative estimate of drug-likeness (QED) is 0.674. The molecule has 0 saturated carbocycles. The molecule has 4 rings (SSSR count). The van der Waals surface area contributed by atoms with Crippen molar-refractivity contribution in [2.45, 2.75) is 25.9 Å². The molecule has 3 heterocycles. The summed E-state index contributed by atoms with van der Waals surface area (Å²) in [6.07, 6.45) is 3.66. The number of methoxy groups -OCH3 is 1. The maximum absolute atomic E-state index is 13.4. The molecule has 1 fully saturated rings. The number of aromatic nitrogens is 3. The van der Waals surface area contributed by atoms with Gasteiger partial charge in [0.2, 0.25) is 5.88 Å². The number of amides is 1. The van der Waals surface area contributed by atoms with E-state index in [4.69, 9.17) is 14.5 Å². The highest BCUT2D eigenvalue weighted by Crippen LogP contribution is 2.32. The molecule has 1 amide bonds. The van der Waals surface area contributed by atoms with Crippen LogP contribution in [0.25, 0.3) is 10.2 Å². The number of fused-ring (bicyclic) bond motifs is 1. The van der Waals surface area contributed by atoms with Crippen LogP contribution in [0.15, 0.2) is 24.4 Å². The maximum Gasteiger partial charge on any atom is 0.267 e. The Hall–Kier alpha value is -2.45. The Kier molecular flexibility index (Phi) is 4.84. The van der Waals surface area contributed by atoms with Crippen LogP contribution in [-0.4, -0.2) is 47.0 Å². The highest BCUT2D eigenvalue weighted by atomic mass is 32.1. The summed E-state index contributed by atoms with van der Waals surface area (Å²) >= 11 is 1.52. The largest absolute Gasteiger partial charge is 0.479 e. The molecule has 142 valence electrons. The third-order valence-electron chi connectivity index (χ3n) is 4.64. The number of carbonyl (C=O) groups is 1. The van der Waals surface area contributed by atoms with Crippen LogP contribution in [0, 0.1) is 6.92 Å². The summed E-state index contributed by atoms with van der Waals surface area (Å²) in [5.41, 5.74) is 2.49. The highest BCUT2D eigenvalue weighted by Gasteiger charge is 2.30. The lowest BCUT2D eigenvalue weighted by Gasteiger charge is -2.22. The average molecular weight is 386 g/mol. The molecular formula is C19H22N4O3S. The monoisotopic (exact) mass is 386 g/mol. The van der Waals surface area contributed by atoms with E-state index in [0.717, 1.165) is 29.7 Å². The van der Waals surface area contributed by atoms with E-state index in [2.05, 4.69) is 18.1 Å². The minimum absolute atomic E-state index is 0.0189. The van der Waals surface area contributed by atoms with Crippen LogP contribution in [0.3, 0.4) is 0 Å². The van der Waals surface area contributed by atoms with Crippen molar-refractivity contribution in [2.75, 3.05) is 25.2 Å². The van der Waals surface area contributed by atoms with Crippen LogP contribution < -0.4 is 9.64 Å². The fourth-order valence-corrected chi connectivity index (χ4v) is 4.36. The van der Waals surface area contributed by atoms with Crippen LogP contribution in [0.5, 0.6) is 5.88 Å². The maximum atomic E-state index is 13.4. The first kappa shape index (κ1) is 17.9. The van der Waals surface area contributed by atoms with E-state index in [1.165, 1.54) is 24.0 Å². The molecule has 1 aliphatic heterocycles. The van der Waals surface area contributed by atoms with Crippen molar-refractivity contribution in [3.63, 3.8) is 0 Å². The zero-order chi connectivity index (χ0) is 19.0. The smallest absolute Gasteiger partial charge is 0.267 e. The lowest BCUT2D eigenvalue weighted by molar-refractivity contribution is 0.0915. The molecule has 0 bridgehead atoms. The number of hydrogen-bond donors (Lipinski definition) is 0. The van der Waals surface area contributed by atoms with Gasteiger partial charge in [-0.15, -0.1) is 5.10 Å². The van der Waals surface area contributed by atoms with Crippen LogP contribution in [0.2, 0.25) is 0 Å². The Balaban J connectivity index is 1.73. The Morgan fingerprint density at radius 3 is 3.07 bits per heavy atom. The Morgan fingerprint density at radius 2 is 2.33 bits per heavy atom. The summed E-state index contributed by atoms with van der Waals surface area (Å²) < 4.78 is 13.7. The summed E-state index contributed by atoms with van der Waals surface area (Å²) in [4.78, 5) is 19.8. The predicted molar refractivity (Wildman–Crippen MR) is 105 cm³/mol. The molecule has 0 radical (unpaired) electrons. The van der Waals surface area contributed by atoms with Gasteiger partial charge in [-0.25, -0.2) is 4.98 Å². The van der Waals surface area contributed by atoms with Gasteiger partial charge in [-0.2, -0.15) is 0 Å². The summed E-state index contributed by atoms with van der Waals surface area (Å²) in [7, 11) is 3.29. The van der Waals surface area contributed by atoms with E-state index in [9.17, 15) is 4.79 Å². The molecule has 27 heavy (non-hydrogen) atoms. The Bertz CT molecular complexity index is 975. The van der Waals surface area contributed by atoms with Gasteiger partial charge in [-0.05, 0) is 37.5 Å². The molecule has 1 aromatic carbocycles. The van der Waals surface area contributed by atoms with Gasteiger partial charge in [0.25, 0.3) is 5.91 Å². The molecule has 1 unspecified atom stereocenters. The standard InChI is InChI=1S/C19H22N4O3S/c1-12-6-7-15-16(9-12)27-19(20-15)23(10-13-5-4-8-26-13)18(24)14-11-22(2)21-17(14)25-3/h6-7,9,11,13H,4-5,8,10H2,1-3H3. The number of ether oxygens (including phenoxy) is 2. The SMILES string of the molecule is COc1nn(C)cc1C(=O)N(CC1CCCO1)c1nc2ccc(C)cc2s1. The minimum Gasteiger partial charge on any atom is -0.479 e. The van der Waals surface area contributed by atoms with Gasteiger partial charge < -0.3 is 9.47 Å². The molecular weight excluding hydrogens is 364 g/mol. The highest BCUT2D eigenvalue weighted by molar-refractivity contribution is 7.22. The van der Waals surface area contributed by atoms with E-state index in [0.29, 0.717) is 23.1 Å². The minimum atomic E-state index is -0.175.